The maximum atomic E-state index is 12.3. The van der Waals surface area contributed by atoms with Crippen molar-refractivity contribution in [3.05, 3.63) is 89.0 Å². The van der Waals surface area contributed by atoms with Crippen LogP contribution in [0.25, 0.3) is 0 Å². The highest BCUT2D eigenvalue weighted by molar-refractivity contribution is 5.97. The molecule has 0 spiro atoms. The fraction of sp³-hybridized carbons (Fsp3) is 0.269. The van der Waals surface area contributed by atoms with Crippen LogP contribution in [0.3, 0.4) is 0 Å². The van der Waals surface area contributed by atoms with Gasteiger partial charge >= 0.3 is 0 Å². The molecule has 0 aliphatic heterocycles. The third-order valence-electron chi connectivity index (χ3n) is 5.44. The lowest BCUT2D eigenvalue weighted by molar-refractivity contribution is -0.133. The van der Waals surface area contributed by atoms with Crippen molar-refractivity contribution >= 4 is 11.8 Å². The largest absolute Gasteiger partial charge is 0.391 e. The van der Waals surface area contributed by atoms with Crippen LogP contribution < -0.4 is 16.5 Å². The molecule has 182 valence electrons. The molecule has 0 fully saturated rings. The molecule has 0 aliphatic carbocycles. The van der Waals surface area contributed by atoms with Crippen molar-refractivity contribution in [3.8, 4) is 11.8 Å². The van der Waals surface area contributed by atoms with Gasteiger partial charge in [0.1, 0.15) is 6.04 Å². The minimum atomic E-state index is -1.28. The summed E-state index contributed by atoms with van der Waals surface area (Å²) in [7, 11) is 0. The van der Waals surface area contributed by atoms with Crippen molar-refractivity contribution in [1.82, 2.24) is 20.8 Å². The summed E-state index contributed by atoms with van der Waals surface area (Å²) < 4.78 is 0. The summed E-state index contributed by atoms with van der Waals surface area (Å²) >= 11 is 0. The number of aryl methyl sites for hydroxylation is 1. The Labute approximate surface area is 203 Å². The Kier molecular flexibility index (Phi) is 9.15. The number of aliphatic hydroxyl groups is 1. The standard InChI is InChI=1S/C26H29N5O4/c1-17(32)24(26(34)31-35)30-25(33)21-11-8-20(9-12-21)7-4-18-2-5-19(6-3-18)10-13-22(27)14-23-15-28-16-29-23/h2-3,5-6,8-9,11-12,15-17,22,24,32,35H,10,13-14,27H2,1H3,(H,28,29)(H,30,33)(H,31,34)/t17-,22-,24+/m1/s1. The van der Waals surface area contributed by atoms with Gasteiger partial charge in [0.05, 0.1) is 18.1 Å². The van der Waals surface area contributed by atoms with Gasteiger partial charge < -0.3 is 21.1 Å². The van der Waals surface area contributed by atoms with Crippen LogP contribution >= 0.6 is 0 Å². The molecule has 0 aliphatic rings. The van der Waals surface area contributed by atoms with Gasteiger partial charge in [-0.3, -0.25) is 14.8 Å². The Morgan fingerprint density at radius 3 is 2.26 bits per heavy atom. The van der Waals surface area contributed by atoms with Gasteiger partial charge in [-0.05, 0) is 61.7 Å². The number of aliphatic hydroxyl groups excluding tert-OH is 1. The van der Waals surface area contributed by atoms with E-state index in [4.69, 9.17) is 10.9 Å². The predicted molar refractivity (Wildman–Crippen MR) is 130 cm³/mol. The molecule has 2 aromatic carbocycles. The van der Waals surface area contributed by atoms with Crippen LogP contribution in [0.4, 0.5) is 0 Å². The molecule has 3 atom stereocenters. The highest BCUT2D eigenvalue weighted by Crippen LogP contribution is 2.10. The van der Waals surface area contributed by atoms with Gasteiger partial charge in [-0.15, -0.1) is 0 Å². The summed E-state index contributed by atoms with van der Waals surface area (Å²) in [6.45, 7) is 1.34. The number of nitrogens with one attached hydrogen (secondary N) is 3. The molecule has 35 heavy (non-hydrogen) atoms. The first kappa shape index (κ1) is 25.6. The molecular weight excluding hydrogens is 446 g/mol. The number of aromatic amines is 1. The lowest BCUT2D eigenvalue weighted by Gasteiger charge is -2.19. The molecule has 0 saturated heterocycles. The topological polar surface area (TPSA) is 153 Å². The smallest absolute Gasteiger partial charge is 0.268 e. The van der Waals surface area contributed by atoms with Crippen molar-refractivity contribution in [2.45, 2.75) is 44.4 Å². The molecule has 0 saturated carbocycles. The lowest BCUT2D eigenvalue weighted by Crippen LogP contribution is -2.51. The molecule has 0 radical (unpaired) electrons. The Morgan fingerprint density at radius 2 is 1.71 bits per heavy atom. The van der Waals surface area contributed by atoms with Crippen LogP contribution in [0.2, 0.25) is 0 Å². The number of hydrogen-bond acceptors (Lipinski definition) is 6. The minimum Gasteiger partial charge on any atom is -0.391 e. The van der Waals surface area contributed by atoms with E-state index in [0.29, 0.717) is 5.56 Å². The Balaban J connectivity index is 1.53. The minimum absolute atomic E-state index is 0.0487. The summed E-state index contributed by atoms with van der Waals surface area (Å²) in [5, 5.41) is 20.8. The lowest BCUT2D eigenvalue weighted by atomic mass is 10.0. The Bertz CT molecular complexity index is 1160. The molecule has 2 amide bonds. The normalized spacial score (nSPS) is 13.1. The number of nitrogens with two attached hydrogens (primary N) is 1. The van der Waals surface area contributed by atoms with Crippen LogP contribution in [-0.2, 0) is 17.6 Å². The molecule has 0 unspecified atom stereocenters. The molecular formula is C26H29N5O4. The zero-order valence-corrected chi connectivity index (χ0v) is 19.4. The number of hydroxylamine groups is 1. The van der Waals surface area contributed by atoms with Crippen molar-refractivity contribution in [3.63, 3.8) is 0 Å². The highest BCUT2D eigenvalue weighted by atomic mass is 16.5. The van der Waals surface area contributed by atoms with E-state index in [0.717, 1.165) is 36.1 Å². The van der Waals surface area contributed by atoms with E-state index in [2.05, 4.69) is 27.1 Å². The van der Waals surface area contributed by atoms with E-state index < -0.39 is 24.0 Å². The van der Waals surface area contributed by atoms with Crippen LogP contribution in [0.15, 0.2) is 61.1 Å². The van der Waals surface area contributed by atoms with Crippen LogP contribution in [0, 0.1) is 11.8 Å². The summed E-state index contributed by atoms with van der Waals surface area (Å²) in [4.78, 5) is 31.1. The Morgan fingerprint density at radius 1 is 1.09 bits per heavy atom. The van der Waals surface area contributed by atoms with E-state index in [1.807, 2.05) is 30.5 Å². The SMILES string of the molecule is C[C@@H](O)[C@H](NC(=O)c1ccc(C#Cc2ccc(CC[C@@H](N)Cc3c[nH]cn3)cc2)cc1)C(=O)NO. The second-order valence-electron chi connectivity index (χ2n) is 8.26. The first-order valence-corrected chi connectivity index (χ1v) is 11.2. The zero-order chi connectivity index (χ0) is 25.2. The number of nitrogens with zero attached hydrogens (tertiary/aromatic N) is 1. The number of carbonyl (C=O) groups is 2. The quantitative estimate of drug-likeness (QED) is 0.156. The van der Waals surface area contributed by atoms with E-state index in [9.17, 15) is 14.7 Å². The average Bonchev–Trinajstić information content (AvgIpc) is 3.38. The van der Waals surface area contributed by atoms with Gasteiger partial charge in [-0.2, -0.15) is 0 Å². The summed E-state index contributed by atoms with van der Waals surface area (Å²) in [6.07, 6.45) is 4.82. The van der Waals surface area contributed by atoms with Crippen LogP contribution in [-0.4, -0.2) is 50.3 Å². The summed E-state index contributed by atoms with van der Waals surface area (Å²) in [6, 6.07) is 13.3. The van der Waals surface area contributed by atoms with Crippen molar-refractivity contribution in [1.29, 1.82) is 0 Å². The number of rotatable bonds is 9. The van der Waals surface area contributed by atoms with Gasteiger partial charge in [0.15, 0.2) is 0 Å². The monoisotopic (exact) mass is 475 g/mol. The maximum Gasteiger partial charge on any atom is 0.268 e. The molecule has 7 N–H and O–H groups in total. The maximum absolute atomic E-state index is 12.3. The van der Waals surface area contributed by atoms with E-state index in [1.54, 1.807) is 30.6 Å². The number of carbonyl (C=O) groups excluding carboxylic acids is 2. The van der Waals surface area contributed by atoms with Gasteiger partial charge in [-0.25, -0.2) is 10.5 Å². The third-order valence-corrected chi connectivity index (χ3v) is 5.44. The van der Waals surface area contributed by atoms with Gasteiger partial charge in [0.2, 0.25) is 0 Å². The van der Waals surface area contributed by atoms with E-state index in [-0.39, 0.29) is 6.04 Å². The molecule has 9 heteroatoms. The predicted octanol–water partition coefficient (Wildman–Crippen LogP) is 1.30. The van der Waals surface area contributed by atoms with Crippen molar-refractivity contribution in [2.75, 3.05) is 0 Å². The molecule has 0 bridgehead atoms. The van der Waals surface area contributed by atoms with Crippen molar-refractivity contribution < 1.29 is 19.9 Å². The fourth-order valence-electron chi connectivity index (χ4n) is 3.43. The van der Waals surface area contributed by atoms with E-state index in [1.165, 1.54) is 18.0 Å². The summed E-state index contributed by atoms with van der Waals surface area (Å²) in [5.41, 5.74) is 11.7. The second kappa shape index (κ2) is 12.5. The first-order chi connectivity index (χ1) is 16.9. The first-order valence-electron chi connectivity index (χ1n) is 11.2. The third kappa shape index (κ3) is 7.79. The number of amides is 2. The summed E-state index contributed by atoms with van der Waals surface area (Å²) in [5.74, 6) is 4.70. The van der Waals surface area contributed by atoms with Gasteiger partial charge in [0, 0.05) is 35.3 Å². The second-order valence-corrected chi connectivity index (χ2v) is 8.26. The van der Waals surface area contributed by atoms with Crippen LogP contribution in [0.1, 0.15) is 46.1 Å². The molecule has 3 rings (SSSR count). The molecule has 9 nitrogen and oxygen atoms in total. The van der Waals surface area contributed by atoms with E-state index >= 15 is 0 Å². The number of H-pyrrole nitrogens is 1. The molecule has 1 aromatic heterocycles. The highest BCUT2D eigenvalue weighted by Gasteiger charge is 2.25. The number of hydrogen-bond donors (Lipinski definition) is 6. The van der Waals surface area contributed by atoms with Crippen molar-refractivity contribution in [2.24, 2.45) is 5.73 Å². The number of imidazole rings is 1. The molecule has 3 aromatic rings. The Hall–Kier alpha value is -3.97. The average molecular weight is 476 g/mol. The number of aromatic nitrogens is 2. The zero-order valence-electron chi connectivity index (χ0n) is 19.4. The molecule has 1 heterocycles. The number of benzene rings is 2. The van der Waals surface area contributed by atoms with Gasteiger partial charge in [-0.1, -0.05) is 24.0 Å². The van der Waals surface area contributed by atoms with Crippen LogP contribution in [0.5, 0.6) is 0 Å². The fourth-order valence-corrected chi connectivity index (χ4v) is 3.43. The van der Waals surface area contributed by atoms with Gasteiger partial charge in [0.25, 0.3) is 11.8 Å².